The molecular formula is C14H23ClN4S. The van der Waals surface area contributed by atoms with Crippen molar-refractivity contribution in [3.63, 3.8) is 0 Å². The summed E-state index contributed by atoms with van der Waals surface area (Å²) in [5.74, 6) is 1.41. The number of hydrogen-bond acceptors (Lipinski definition) is 5. The molecule has 4 nitrogen and oxygen atoms in total. The number of thioether (sulfide) groups is 1. The zero-order valence-corrected chi connectivity index (χ0v) is 13.7. The van der Waals surface area contributed by atoms with Crippen LogP contribution in [0.15, 0.2) is 6.20 Å². The highest BCUT2D eigenvalue weighted by Crippen LogP contribution is 2.30. The van der Waals surface area contributed by atoms with Crippen molar-refractivity contribution >= 4 is 35.1 Å². The summed E-state index contributed by atoms with van der Waals surface area (Å²) >= 11 is 8.16. The number of nitrogens with one attached hydrogen (secondary N) is 2. The van der Waals surface area contributed by atoms with Gasteiger partial charge in [0.05, 0.1) is 6.20 Å². The van der Waals surface area contributed by atoms with Crippen molar-refractivity contribution in [2.24, 2.45) is 0 Å². The van der Waals surface area contributed by atoms with Gasteiger partial charge in [0.15, 0.2) is 5.82 Å². The molecule has 1 saturated carbocycles. The predicted molar refractivity (Wildman–Crippen MR) is 89.0 cm³/mol. The maximum atomic E-state index is 6.20. The van der Waals surface area contributed by atoms with E-state index in [4.69, 9.17) is 11.6 Å². The van der Waals surface area contributed by atoms with Crippen LogP contribution in [0.25, 0.3) is 0 Å². The minimum absolute atomic E-state index is 0.465. The van der Waals surface area contributed by atoms with Crippen LogP contribution in [0, 0.1) is 0 Å². The Balaban J connectivity index is 2.00. The Kier molecular flexibility index (Phi) is 6.23. The summed E-state index contributed by atoms with van der Waals surface area (Å²) in [4.78, 5) is 8.69. The molecule has 2 rings (SSSR count). The summed E-state index contributed by atoms with van der Waals surface area (Å²) in [6, 6.07) is 0.465. The molecule has 1 aromatic heterocycles. The number of anilines is 2. The van der Waals surface area contributed by atoms with Crippen molar-refractivity contribution in [1.29, 1.82) is 0 Å². The van der Waals surface area contributed by atoms with Gasteiger partial charge in [0.1, 0.15) is 5.02 Å². The summed E-state index contributed by atoms with van der Waals surface area (Å²) < 4.78 is 0. The summed E-state index contributed by atoms with van der Waals surface area (Å²) in [6.07, 6.45) is 9.87. The quantitative estimate of drug-likeness (QED) is 0.830. The molecular weight excluding hydrogens is 292 g/mol. The highest BCUT2D eigenvalue weighted by atomic mass is 35.5. The van der Waals surface area contributed by atoms with E-state index in [9.17, 15) is 0 Å². The Morgan fingerprint density at radius 3 is 3.05 bits per heavy atom. The molecule has 1 heterocycles. The molecule has 0 aromatic carbocycles. The fourth-order valence-electron chi connectivity index (χ4n) is 2.47. The smallest absolute Gasteiger partial charge is 0.224 e. The molecule has 6 heteroatoms. The lowest BCUT2D eigenvalue weighted by atomic mass is 9.95. The standard InChI is InChI=1S/C14H23ClN4S/c1-3-7-16-14-17-9-12(15)13(19-14)18-10-5-4-6-11(8-10)20-2/h9-11H,3-8H2,1-2H3,(H2,16,17,18,19). The normalized spacial score (nSPS) is 22.6. The molecule has 2 atom stereocenters. The monoisotopic (exact) mass is 314 g/mol. The highest BCUT2D eigenvalue weighted by molar-refractivity contribution is 7.99. The lowest BCUT2D eigenvalue weighted by molar-refractivity contribution is 0.473. The number of rotatable bonds is 6. The van der Waals surface area contributed by atoms with Gasteiger partial charge in [-0.25, -0.2) is 4.98 Å². The van der Waals surface area contributed by atoms with Gasteiger partial charge in [-0.05, 0) is 31.9 Å². The van der Waals surface area contributed by atoms with Gasteiger partial charge in [-0.2, -0.15) is 16.7 Å². The third-order valence-electron chi connectivity index (χ3n) is 3.58. The van der Waals surface area contributed by atoms with Crippen molar-refractivity contribution in [1.82, 2.24) is 9.97 Å². The Labute approximate surface area is 130 Å². The van der Waals surface area contributed by atoms with E-state index >= 15 is 0 Å². The van der Waals surface area contributed by atoms with Crippen molar-refractivity contribution in [3.8, 4) is 0 Å². The first-order valence-electron chi connectivity index (χ1n) is 7.28. The lowest BCUT2D eigenvalue weighted by Gasteiger charge is -2.29. The van der Waals surface area contributed by atoms with Gasteiger partial charge >= 0.3 is 0 Å². The molecule has 1 aliphatic carbocycles. The van der Waals surface area contributed by atoms with E-state index < -0.39 is 0 Å². The Morgan fingerprint density at radius 1 is 1.45 bits per heavy atom. The molecule has 0 spiro atoms. The van der Waals surface area contributed by atoms with Gasteiger partial charge in [0.25, 0.3) is 0 Å². The molecule has 0 bridgehead atoms. The van der Waals surface area contributed by atoms with E-state index in [-0.39, 0.29) is 0 Å². The first-order valence-corrected chi connectivity index (χ1v) is 8.95. The fourth-order valence-corrected chi connectivity index (χ4v) is 3.45. The van der Waals surface area contributed by atoms with E-state index in [0.717, 1.165) is 24.0 Å². The van der Waals surface area contributed by atoms with Gasteiger partial charge in [-0.3, -0.25) is 0 Å². The van der Waals surface area contributed by atoms with Crippen LogP contribution in [0.5, 0.6) is 0 Å². The van der Waals surface area contributed by atoms with E-state index in [1.807, 2.05) is 11.8 Å². The zero-order valence-electron chi connectivity index (χ0n) is 12.2. The predicted octanol–water partition coefficient (Wildman–Crippen LogP) is 4.04. The second-order valence-electron chi connectivity index (χ2n) is 5.18. The average molecular weight is 315 g/mol. The summed E-state index contributed by atoms with van der Waals surface area (Å²) in [6.45, 7) is 2.99. The molecule has 2 N–H and O–H groups in total. The fraction of sp³-hybridized carbons (Fsp3) is 0.714. The van der Waals surface area contributed by atoms with Gasteiger partial charge in [-0.1, -0.05) is 24.9 Å². The SMILES string of the molecule is CCCNc1ncc(Cl)c(NC2CCCC(SC)C2)n1. The Hall–Kier alpha value is -0.680. The molecule has 1 fully saturated rings. The topological polar surface area (TPSA) is 49.8 Å². The summed E-state index contributed by atoms with van der Waals surface area (Å²) in [5, 5.41) is 8.03. The van der Waals surface area contributed by atoms with Crippen LogP contribution in [0.1, 0.15) is 39.0 Å². The Morgan fingerprint density at radius 2 is 2.30 bits per heavy atom. The molecule has 2 unspecified atom stereocenters. The van der Waals surface area contributed by atoms with Crippen molar-refractivity contribution in [3.05, 3.63) is 11.2 Å². The first kappa shape index (κ1) is 15.7. The van der Waals surface area contributed by atoms with Gasteiger partial charge < -0.3 is 10.6 Å². The van der Waals surface area contributed by atoms with Gasteiger partial charge in [0.2, 0.25) is 5.95 Å². The lowest BCUT2D eigenvalue weighted by Crippen LogP contribution is -2.29. The maximum absolute atomic E-state index is 6.20. The average Bonchev–Trinajstić information content (AvgIpc) is 2.48. The number of nitrogens with zero attached hydrogens (tertiary/aromatic N) is 2. The third kappa shape index (κ3) is 4.42. The molecule has 1 aliphatic rings. The second-order valence-corrected chi connectivity index (χ2v) is 6.73. The van der Waals surface area contributed by atoms with Crippen LogP contribution >= 0.6 is 23.4 Å². The molecule has 0 aliphatic heterocycles. The molecule has 112 valence electrons. The molecule has 0 radical (unpaired) electrons. The molecule has 0 amide bonds. The third-order valence-corrected chi connectivity index (χ3v) is 4.95. The largest absolute Gasteiger partial charge is 0.366 e. The molecule has 0 saturated heterocycles. The number of aromatic nitrogens is 2. The van der Waals surface area contributed by atoms with E-state index in [0.29, 0.717) is 17.0 Å². The summed E-state index contributed by atoms with van der Waals surface area (Å²) in [5.41, 5.74) is 0. The van der Waals surface area contributed by atoms with Crippen LogP contribution < -0.4 is 10.6 Å². The highest BCUT2D eigenvalue weighted by Gasteiger charge is 2.22. The molecule has 20 heavy (non-hydrogen) atoms. The number of halogens is 1. The van der Waals surface area contributed by atoms with Crippen LogP contribution in [0.2, 0.25) is 5.02 Å². The van der Waals surface area contributed by atoms with Crippen LogP contribution in [-0.2, 0) is 0 Å². The number of hydrogen-bond donors (Lipinski definition) is 2. The van der Waals surface area contributed by atoms with E-state index in [1.165, 1.54) is 25.7 Å². The van der Waals surface area contributed by atoms with Crippen molar-refractivity contribution in [2.45, 2.75) is 50.3 Å². The molecule has 1 aromatic rings. The van der Waals surface area contributed by atoms with E-state index in [1.54, 1.807) is 6.20 Å². The van der Waals surface area contributed by atoms with Gasteiger partial charge in [-0.15, -0.1) is 0 Å². The zero-order chi connectivity index (χ0) is 14.4. The Bertz CT molecular complexity index is 430. The maximum Gasteiger partial charge on any atom is 0.224 e. The van der Waals surface area contributed by atoms with Crippen LogP contribution in [0.4, 0.5) is 11.8 Å². The van der Waals surface area contributed by atoms with Crippen molar-refractivity contribution in [2.75, 3.05) is 23.4 Å². The van der Waals surface area contributed by atoms with Crippen molar-refractivity contribution < 1.29 is 0 Å². The first-order chi connectivity index (χ1) is 9.72. The minimum Gasteiger partial charge on any atom is -0.366 e. The van der Waals surface area contributed by atoms with Gasteiger partial charge in [0, 0.05) is 17.8 Å². The van der Waals surface area contributed by atoms with E-state index in [2.05, 4.69) is 33.8 Å². The summed E-state index contributed by atoms with van der Waals surface area (Å²) in [7, 11) is 0. The minimum atomic E-state index is 0.465. The van der Waals surface area contributed by atoms with Crippen LogP contribution in [0.3, 0.4) is 0 Å². The van der Waals surface area contributed by atoms with Crippen LogP contribution in [-0.4, -0.2) is 34.1 Å². The second kappa shape index (κ2) is 7.93.